The molecule has 1 fully saturated rings. The fourth-order valence-corrected chi connectivity index (χ4v) is 3.23. The van der Waals surface area contributed by atoms with Crippen molar-refractivity contribution in [3.05, 3.63) is 48.0 Å². The summed E-state index contributed by atoms with van der Waals surface area (Å²) in [5, 5.41) is 3.48. The van der Waals surface area contributed by atoms with Gasteiger partial charge in [-0.25, -0.2) is 15.0 Å². The first-order chi connectivity index (χ1) is 12.3. The molecule has 1 aliphatic heterocycles. The second kappa shape index (κ2) is 7.16. The molecule has 0 saturated carbocycles. The number of anilines is 1. The lowest BCUT2D eigenvalue weighted by Crippen LogP contribution is -2.41. The fourth-order valence-electron chi connectivity index (χ4n) is 3.23. The normalized spacial score (nSPS) is 16.8. The van der Waals surface area contributed by atoms with Gasteiger partial charge in [0.25, 0.3) is 0 Å². The molecule has 0 unspecified atom stereocenters. The van der Waals surface area contributed by atoms with Gasteiger partial charge in [0, 0.05) is 19.6 Å². The molecular formula is C18H22N6O. The van der Waals surface area contributed by atoms with E-state index in [4.69, 9.17) is 4.74 Å². The summed E-state index contributed by atoms with van der Waals surface area (Å²) in [5.74, 6) is 0.785. The quantitative estimate of drug-likeness (QED) is 0.742. The Bertz CT molecular complexity index is 825. The van der Waals surface area contributed by atoms with Crippen LogP contribution in [0.5, 0.6) is 0 Å². The van der Waals surface area contributed by atoms with E-state index in [1.165, 1.54) is 11.1 Å². The number of rotatable bonds is 5. The molecule has 3 aromatic rings. The zero-order valence-electron chi connectivity index (χ0n) is 14.3. The van der Waals surface area contributed by atoms with Crippen molar-refractivity contribution >= 4 is 17.0 Å². The molecule has 0 aliphatic carbocycles. The smallest absolute Gasteiger partial charge is 0.182 e. The van der Waals surface area contributed by atoms with E-state index in [-0.39, 0.29) is 6.04 Å². The summed E-state index contributed by atoms with van der Waals surface area (Å²) < 4.78 is 5.52. The van der Waals surface area contributed by atoms with E-state index >= 15 is 0 Å². The second-order valence-electron chi connectivity index (χ2n) is 6.28. The number of nitrogens with zero attached hydrogens (tertiary/aromatic N) is 4. The number of aryl methyl sites for hydroxylation is 1. The number of ether oxygens (including phenoxy) is 1. The molecule has 1 atom stereocenters. The molecule has 1 saturated heterocycles. The van der Waals surface area contributed by atoms with Gasteiger partial charge in [-0.3, -0.25) is 4.90 Å². The minimum Gasteiger partial charge on any atom is -0.379 e. The fraction of sp³-hybridized carbons (Fsp3) is 0.389. The average Bonchev–Trinajstić information content (AvgIpc) is 3.14. The van der Waals surface area contributed by atoms with Crippen LogP contribution in [-0.2, 0) is 4.74 Å². The van der Waals surface area contributed by atoms with Gasteiger partial charge in [-0.2, -0.15) is 0 Å². The topological polar surface area (TPSA) is 79.0 Å². The van der Waals surface area contributed by atoms with Crippen LogP contribution in [-0.4, -0.2) is 57.7 Å². The Balaban J connectivity index is 1.57. The van der Waals surface area contributed by atoms with Crippen LogP contribution < -0.4 is 5.32 Å². The van der Waals surface area contributed by atoms with Crippen molar-refractivity contribution in [1.29, 1.82) is 0 Å². The maximum atomic E-state index is 5.52. The van der Waals surface area contributed by atoms with Crippen LogP contribution in [0.15, 0.2) is 36.9 Å². The number of aromatic amines is 1. The Labute approximate surface area is 146 Å². The Kier molecular flexibility index (Phi) is 4.58. The van der Waals surface area contributed by atoms with E-state index in [1.54, 1.807) is 12.7 Å². The van der Waals surface area contributed by atoms with Crippen LogP contribution in [0.2, 0.25) is 0 Å². The third-order valence-corrected chi connectivity index (χ3v) is 4.63. The van der Waals surface area contributed by atoms with Crippen molar-refractivity contribution in [2.75, 3.05) is 38.2 Å². The molecule has 7 nitrogen and oxygen atoms in total. The number of nitrogens with one attached hydrogen (secondary N) is 2. The van der Waals surface area contributed by atoms with Crippen LogP contribution >= 0.6 is 0 Å². The molecular weight excluding hydrogens is 316 g/mol. The highest BCUT2D eigenvalue weighted by atomic mass is 16.5. The predicted molar refractivity (Wildman–Crippen MR) is 96.5 cm³/mol. The number of H-pyrrole nitrogens is 1. The summed E-state index contributed by atoms with van der Waals surface area (Å²) >= 11 is 0. The lowest BCUT2D eigenvalue weighted by molar-refractivity contribution is 0.0187. The molecule has 1 aliphatic rings. The molecule has 2 aromatic heterocycles. The van der Waals surface area contributed by atoms with Crippen LogP contribution in [0.4, 0.5) is 5.82 Å². The summed E-state index contributed by atoms with van der Waals surface area (Å²) in [6.45, 7) is 6.30. The first-order valence-corrected chi connectivity index (χ1v) is 8.57. The monoisotopic (exact) mass is 338 g/mol. The van der Waals surface area contributed by atoms with Crippen LogP contribution in [0.1, 0.15) is 17.2 Å². The number of morpholine rings is 1. The van der Waals surface area contributed by atoms with Crippen molar-refractivity contribution in [3.8, 4) is 0 Å². The Morgan fingerprint density at radius 1 is 1.16 bits per heavy atom. The minimum absolute atomic E-state index is 0.262. The average molecular weight is 338 g/mol. The SMILES string of the molecule is Cc1ccc([C@H](CNc2ncnc3nc[nH]c23)N2CCOCC2)cc1. The van der Waals surface area contributed by atoms with Crippen molar-refractivity contribution in [1.82, 2.24) is 24.8 Å². The third-order valence-electron chi connectivity index (χ3n) is 4.63. The summed E-state index contributed by atoms with van der Waals surface area (Å²) in [6, 6.07) is 9.02. The zero-order chi connectivity index (χ0) is 17.1. The zero-order valence-corrected chi connectivity index (χ0v) is 14.3. The van der Waals surface area contributed by atoms with Gasteiger partial charge >= 0.3 is 0 Å². The Morgan fingerprint density at radius 3 is 2.76 bits per heavy atom. The van der Waals surface area contributed by atoms with Gasteiger partial charge in [-0.05, 0) is 12.5 Å². The molecule has 1 aromatic carbocycles. The van der Waals surface area contributed by atoms with E-state index in [0.29, 0.717) is 5.65 Å². The van der Waals surface area contributed by atoms with Gasteiger partial charge < -0.3 is 15.0 Å². The highest BCUT2D eigenvalue weighted by Crippen LogP contribution is 2.24. The highest BCUT2D eigenvalue weighted by Gasteiger charge is 2.23. The molecule has 3 heterocycles. The number of imidazole rings is 1. The maximum absolute atomic E-state index is 5.52. The van der Waals surface area contributed by atoms with Crippen molar-refractivity contribution in [3.63, 3.8) is 0 Å². The Morgan fingerprint density at radius 2 is 1.96 bits per heavy atom. The summed E-state index contributed by atoms with van der Waals surface area (Å²) in [4.78, 5) is 18.3. The van der Waals surface area contributed by atoms with Gasteiger partial charge in [0.1, 0.15) is 11.8 Å². The molecule has 2 N–H and O–H groups in total. The predicted octanol–water partition coefficient (Wildman–Crippen LogP) is 2.15. The Hall–Kier alpha value is -2.51. The number of aromatic nitrogens is 4. The van der Waals surface area contributed by atoms with Crippen LogP contribution in [0, 0.1) is 6.92 Å². The molecule has 0 amide bonds. The van der Waals surface area contributed by atoms with Gasteiger partial charge in [-0.1, -0.05) is 29.8 Å². The third kappa shape index (κ3) is 3.47. The first-order valence-electron chi connectivity index (χ1n) is 8.57. The highest BCUT2D eigenvalue weighted by molar-refractivity contribution is 5.81. The lowest BCUT2D eigenvalue weighted by atomic mass is 10.0. The molecule has 0 radical (unpaired) electrons. The van der Waals surface area contributed by atoms with Gasteiger partial charge in [0.15, 0.2) is 11.5 Å². The summed E-state index contributed by atoms with van der Waals surface area (Å²) in [7, 11) is 0. The van der Waals surface area contributed by atoms with Gasteiger partial charge in [0.05, 0.1) is 25.6 Å². The lowest BCUT2D eigenvalue weighted by Gasteiger charge is -2.35. The number of hydrogen-bond donors (Lipinski definition) is 2. The van der Waals surface area contributed by atoms with E-state index in [0.717, 1.165) is 44.2 Å². The molecule has 0 bridgehead atoms. The second-order valence-corrected chi connectivity index (χ2v) is 6.28. The standard InChI is InChI=1S/C18H22N6O/c1-13-2-4-14(5-3-13)15(24-6-8-25-9-7-24)10-19-17-16-18(21-11-20-16)23-12-22-17/h2-5,11-12,15H,6-10H2,1H3,(H2,19,20,21,22,23)/t15-/m0/s1. The molecule has 4 rings (SSSR count). The van der Waals surface area contributed by atoms with E-state index in [2.05, 4.69) is 61.3 Å². The molecule has 25 heavy (non-hydrogen) atoms. The van der Waals surface area contributed by atoms with E-state index in [1.807, 2.05) is 0 Å². The molecule has 0 spiro atoms. The minimum atomic E-state index is 0.262. The maximum Gasteiger partial charge on any atom is 0.182 e. The van der Waals surface area contributed by atoms with Crippen LogP contribution in [0.25, 0.3) is 11.2 Å². The number of hydrogen-bond acceptors (Lipinski definition) is 6. The largest absolute Gasteiger partial charge is 0.379 e. The van der Waals surface area contributed by atoms with Gasteiger partial charge in [-0.15, -0.1) is 0 Å². The molecule has 7 heteroatoms. The first kappa shape index (κ1) is 16.0. The van der Waals surface area contributed by atoms with Gasteiger partial charge in [0.2, 0.25) is 0 Å². The van der Waals surface area contributed by atoms with Crippen molar-refractivity contribution < 1.29 is 4.74 Å². The van der Waals surface area contributed by atoms with Crippen molar-refractivity contribution in [2.24, 2.45) is 0 Å². The van der Waals surface area contributed by atoms with Crippen LogP contribution in [0.3, 0.4) is 0 Å². The van der Waals surface area contributed by atoms with E-state index in [9.17, 15) is 0 Å². The number of fused-ring (bicyclic) bond motifs is 1. The molecule has 130 valence electrons. The van der Waals surface area contributed by atoms with E-state index < -0.39 is 0 Å². The summed E-state index contributed by atoms with van der Waals surface area (Å²) in [5.41, 5.74) is 4.09. The van der Waals surface area contributed by atoms with Crippen molar-refractivity contribution in [2.45, 2.75) is 13.0 Å². The summed E-state index contributed by atoms with van der Waals surface area (Å²) in [6.07, 6.45) is 3.19. The number of benzene rings is 1.